The van der Waals surface area contributed by atoms with Gasteiger partial charge in [-0.25, -0.2) is 5.43 Å². The van der Waals surface area contributed by atoms with E-state index in [2.05, 4.69) is 15.8 Å². The van der Waals surface area contributed by atoms with Gasteiger partial charge in [0, 0.05) is 18.5 Å². The van der Waals surface area contributed by atoms with Gasteiger partial charge in [0.05, 0.1) is 0 Å². The largest absolute Gasteiger partial charge is 0.321 e. The Labute approximate surface area is 98.9 Å². The van der Waals surface area contributed by atoms with Crippen LogP contribution in [0.1, 0.15) is 18.4 Å². The van der Waals surface area contributed by atoms with Gasteiger partial charge in [-0.3, -0.25) is 9.59 Å². The minimum atomic E-state index is -0.268. The van der Waals surface area contributed by atoms with Crippen LogP contribution < -0.4 is 10.7 Å². The third-order valence-electron chi connectivity index (χ3n) is 2.44. The molecule has 0 aliphatic carbocycles. The molecule has 0 aromatic heterocycles. The van der Waals surface area contributed by atoms with Crippen LogP contribution >= 0.6 is 0 Å². The highest BCUT2D eigenvalue weighted by molar-refractivity contribution is 6.43. The first-order valence-corrected chi connectivity index (χ1v) is 5.38. The second kappa shape index (κ2) is 4.78. The lowest BCUT2D eigenvalue weighted by atomic mass is 10.1. The lowest BCUT2D eigenvalue weighted by molar-refractivity contribution is -0.121. The normalized spacial score (nSPS) is 14.9. The Morgan fingerprint density at radius 3 is 2.88 bits per heavy atom. The van der Waals surface area contributed by atoms with Crippen LogP contribution in [-0.4, -0.2) is 17.5 Å². The highest BCUT2D eigenvalue weighted by Gasteiger charge is 2.18. The number of benzene rings is 1. The fourth-order valence-electron chi connectivity index (χ4n) is 1.56. The number of hydrogen-bond donors (Lipinski definition) is 2. The maximum atomic E-state index is 11.8. The van der Waals surface area contributed by atoms with E-state index in [0.29, 0.717) is 18.6 Å². The van der Waals surface area contributed by atoms with Crippen molar-refractivity contribution in [3.63, 3.8) is 0 Å². The molecule has 0 radical (unpaired) electrons. The van der Waals surface area contributed by atoms with Gasteiger partial charge in [-0.05, 0) is 24.6 Å². The van der Waals surface area contributed by atoms with Crippen molar-refractivity contribution in [3.05, 3.63) is 29.8 Å². The minimum Gasteiger partial charge on any atom is -0.321 e. The van der Waals surface area contributed by atoms with Gasteiger partial charge in [0.1, 0.15) is 5.71 Å². The van der Waals surface area contributed by atoms with Gasteiger partial charge in [-0.1, -0.05) is 12.1 Å². The highest BCUT2D eigenvalue weighted by Crippen LogP contribution is 2.10. The molecule has 88 valence electrons. The van der Waals surface area contributed by atoms with E-state index in [1.807, 2.05) is 31.2 Å². The van der Waals surface area contributed by atoms with Crippen molar-refractivity contribution in [2.75, 3.05) is 5.32 Å². The van der Waals surface area contributed by atoms with Gasteiger partial charge in [-0.15, -0.1) is 0 Å². The maximum absolute atomic E-state index is 11.8. The molecule has 17 heavy (non-hydrogen) atoms. The molecule has 0 bridgehead atoms. The maximum Gasteiger partial charge on any atom is 0.271 e. The molecular weight excluding hydrogens is 218 g/mol. The molecule has 2 amide bonds. The summed E-state index contributed by atoms with van der Waals surface area (Å²) in [5.74, 6) is -0.423. The standard InChI is InChI=1S/C12H13N3O2/c1-8-3-2-4-9(7-8)13-12(17)10-5-6-11(16)15-14-10/h2-4,7H,5-6H2,1H3,(H,13,17)(H,15,16). The summed E-state index contributed by atoms with van der Waals surface area (Å²) in [6, 6.07) is 7.51. The van der Waals surface area contributed by atoms with Crippen molar-refractivity contribution in [1.82, 2.24) is 5.43 Å². The molecule has 1 aliphatic rings. The first-order chi connectivity index (χ1) is 8.15. The molecule has 0 unspecified atom stereocenters. The predicted octanol–water partition coefficient (Wildman–Crippen LogP) is 1.20. The van der Waals surface area contributed by atoms with Gasteiger partial charge in [-0.2, -0.15) is 5.10 Å². The van der Waals surface area contributed by atoms with Crippen LogP contribution in [0.5, 0.6) is 0 Å². The SMILES string of the molecule is Cc1cccc(NC(=O)C2=NNC(=O)CC2)c1. The number of amides is 2. The molecule has 0 atom stereocenters. The Morgan fingerprint density at radius 2 is 2.24 bits per heavy atom. The number of nitrogens with zero attached hydrogens (tertiary/aromatic N) is 1. The molecule has 5 nitrogen and oxygen atoms in total. The van der Waals surface area contributed by atoms with Crippen molar-refractivity contribution >= 4 is 23.2 Å². The Morgan fingerprint density at radius 1 is 1.41 bits per heavy atom. The van der Waals surface area contributed by atoms with Crippen molar-refractivity contribution in [2.24, 2.45) is 5.10 Å². The average Bonchev–Trinajstić information content (AvgIpc) is 2.29. The summed E-state index contributed by atoms with van der Waals surface area (Å²) in [7, 11) is 0. The van der Waals surface area contributed by atoms with Crippen molar-refractivity contribution in [2.45, 2.75) is 19.8 Å². The number of anilines is 1. The third kappa shape index (κ3) is 2.90. The number of nitrogens with one attached hydrogen (secondary N) is 2. The third-order valence-corrected chi connectivity index (χ3v) is 2.44. The number of aryl methyl sites for hydroxylation is 1. The van der Waals surface area contributed by atoms with Gasteiger partial charge < -0.3 is 5.32 Å². The molecule has 0 saturated carbocycles. The summed E-state index contributed by atoms with van der Waals surface area (Å²) in [6.45, 7) is 1.95. The van der Waals surface area contributed by atoms with Crippen LogP contribution in [0.15, 0.2) is 29.4 Å². The van der Waals surface area contributed by atoms with E-state index in [0.717, 1.165) is 11.3 Å². The topological polar surface area (TPSA) is 70.6 Å². The zero-order valence-electron chi connectivity index (χ0n) is 9.49. The number of hydrogen-bond acceptors (Lipinski definition) is 3. The molecule has 1 aliphatic heterocycles. The molecule has 2 N–H and O–H groups in total. The summed E-state index contributed by atoms with van der Waals surface area (Å²) in [4.78, 5) is 22.7. The lowest BCUT2D eigenvalue weighted by Gasteiger charge is -2.12. The monoisotopic (exact) mass is 231 g/mol. The van der Waals surface area contributed by atoms with Gasteiger partial charge in [0.2, 0.25) is 5.91 Å². The number of rotatable bonds is 2. The van der Waals surface area contributed by atoms with Crippen LogP contribution in [0.2, 0.25) is 0 Å². The predicted molar refractivity (Wildman–Crippen MR) is 64.6 cm³/mol. The van der Waals surface area contributed by atoms with Crippen LogP contribution in [-0.2, 0) is 9.59 Å². The fourth-order valence-corrected chi connectivity index (χ4v) is 1.56. The number of carbonyl (C=O) groups is 2. The Balaban J connectivity index is 2.04. The second-order valence-corrected chi connectivity index (χ2v) is 3.92. The fraction of sp³-hybridized carbons (Fsp3) is 0.250. The van der Waals surface area contributed by atoms with Crippen molar-refractivity contribution in [3.8, 4) is 0 Å². The molecule has 0 fully saturated rings. The van der Waals surface area contributed by atoms with Gasteiger partial charge in [0.25, 0.3) is 5.91 Å². The smallest absolute Gasteiger partial charge is 0.271 e. The summed E-state index contributed by atoms with van der Waals surface area (Å²) < 4.78 is 0. The van der Waals surface area contributed by atoms with E-state index in [9.17, 15) is 9.59 Å². The van der Waals surface area contributed by atoms with Gasteiger partial charge in [0.15, 0.2) is 0 Å². The van der Waals surface area contributed by atoms with Crippen LogP contribution in [0.4, 0.5) is 5.69 Å². The van der Waals surface area contributed by atoms with Gasteiger partial charge >= 0.3 is 0 Å². The second-order valence-electron chi connectivity index (χ2n) is 3.92. The molecule has 5 heteroatoms. The zero-order valence-corrected chi connectivity index (χ0v) is 9.49. The molecule has 0 spiro atoms. The average molecular weight is 231 g/mol. The Hall–Kier alpha value is -2.17. The molecule has 0 saturated heterocycles. The summed E-state index contributed by atoms with van der Waals surface area (Å²) >= 11 is 0. The summed E-state index contributed by atoms with van der Waals surface area (Å²) in [5, 5.41) is 6.48. The summed E-state index contributed by atoms with van der Waals surface area (Å²) in [5.41, 5.74) is 4.45. The number of hydrazone groups is 1. The van der Waals surface area contributed by atoms with E-state index < -0.39 is 0 Å². The van der Waals surface area contributed by atoms with E-state index >= 15 is 0 Å². The number of carbonyl (C=O) groups excluding carboxylic acids is 2. The quantitative estimate of drug-likeness (QED) is 0.802. The molecular formula is C12H13N3O2. The van der Waals surface area contributed by atoms with Crippen molar-refractivity contribution < 1.29 is 9.59 Å². The van der Waals surface area contributed by atoms with E-state index in [4.69, 9.17) is 0 Å². The van der Waals surface area contributed by atoms with Crippen molar-refractivity contribution in [1.29, 1.82) is 0 Å². The minimum absolute atomic E-state index is 0.155. The highest BCUT2D eigenvalue weighted by atomic mass is 16.2. The molecule has 1 aromatic carbocycles. The molecule has 1 aromatic rings. The van der Waals surface area contributed by atoms with Crippen LogP contribution in [0, 0.1) is 6.92 Å². The first-order valence-electron chi connectivity index (χ1n) is 5.38. The Bertz CT molecular complexity index is 494. The van der Waals surface area contributed by atoms with Crippen LogP contribution in [0.25, 0.3) is 0 Å². The Kier molecular flexibility index (Phi) is 3.18. The first kappa shape index (κ1) is 11.3. The van der Waals surface area contributed by atoms with E-state index in [1.54, 1.807) is 0 Å². The van der Waals surface area contributed by atoms with Crippen LogP contribution in [0.3, 0.4) is 0 Å². The lowest BCUT2D eigenvalue weighted by Crippen LogP contribution is -2.32. The van der Waals surface area contributed by atoms with E-state index in [1.165, 1.54) is 0 Å². The molecule has 2 rings (SSSR count). The zero-order chi connectivity index (χ0) is 12.3. The van der Waals surface area contributed by atoms with E-state index in [-0.39, 0.29) is 11.8 Å². The molecule has 1 heterocycles. The summed E-state index contributed by atoms with van der Waals surface area (Å²) in [6.07, 6.45) is 0.684.